The van der Waals surface area contributed by atoms with Crippen molar-refractivity contribution in [3.63, 3.8) is 0 Å². The van der Waals surface area contributed by atoms with Gasteiger partial charge >= 0.3 is 0 Å². The van der Waals surface area contributed by atoms with Gasteiger partial charge in [-0.3, -0.25) is 0 Å². The first-order valence-corrected chi connectivity index (χ1v) is 26.7. The summed E-state index contributed by atoms with van der Waals surface area (Å²) in [5.41, 5.74) is 11.1. The number of hydrogen-bond acceptors (Lipinski definition) is 6. The van der Waals surface area contributed by atoms with Gasteiger partial charge in [-0.15, -0.1) is 70.6 Å². The van der Waals surface area contributed by atoms with Crippen LogP contribution in [0.2, 0.25) is 0 Å². The summed E-state index contributed by atoms with van der Waals surface area (Å²) in [5.74, 6) is 0. The lowest BCUT2D eigenvalue weighted by Crippen LogP contribution is -1.87. The van der Waals surface area contributed by atoms with Crippen molar-refractivity contribution < 1.29 is 0 Å². The highest BCUT2D eigenvalue weighted by molar-refractivity contribution is 7.83. The molecule has 0 amide bonds. The average Bonchev–Trinajstić information content (AvgIpc) is 4.04. The van der Waals surface area contributed by atoms with Crippen LogP contribution in [0, 0.1) is 0 Å². The van der Waals surface area contributed by atoms with Crippen LogP contribution >= 0.6 is 70.6 Å². The minimum Gasteiger partial charge on any atom is -0.134 e. The maximum atomic E-state index is 4.96. The summed E-state index contributed by atoms with van der Waals surface area (Å²) in [7, 11) is 0. The first kappa shape index (κ1) is 45.5. The molecule has 0 radical (unpaired) electrons. The van der Waals surface area contributed by atoms with Crippen LogP contribution in [0.3, 0.4) is 0 Å². The number of hydrogen-bond donors (Lipinski definition) is 2. The highest BCUT2D eigenvalue weighted by atomic mass is 32.2. The van der Waals surface area contributed by atoms with E-state index in [0.717, 1.165) is 29.9 Å². The average molecular weight is 884 g/mol. The van der Waals surface area contributed by atoms with Crippen LogP contribution in [-0.4, -0.2) is 0 Å². The molecule has 0 unspecified atom stereocenters. The first-order chi connectivity index (χ1) is 28.4. The molecular formula is C52H66S6. The Morgan fingerprint density at radius 3 is 1.26 bits per heavy atom. The van der Waals surface area contributed by atoms with E-state index in [4.69, 9.17) is 25.3 Å². The molecular weight excluding hydrogens is 817 g/mol. The van der Waals surface area contributed by atoms with E-state index in [-0.39, 0.29) is 0 Å². The highest BCUT2D eigenvalue weighted by Gasteiger charge is 2.19. The molecule has 4 heterocycles. The van der Waals surface area contributed by atoms with Crippen LogP contribution in [0.4, 0.5) is 0 Å². The molecule has 0 aliphatic rings. The molecule has 6 aromatic rings. The van der Waals surface area contributed by atoms with Gasteiger partial charge in [-0.2, -0.15) is 0 Å². The molecule has 0 N–H and O–H groups in total. The fourth-order valence-corrected chi connectivity index (χ4v) is 13.6. The van der Waals surface area contributed by atoms with Crippen LogP contribution in [0.1, 0.15) is 153 Å². The Hall–Kier alpha value is -2.06. The van der Waals surface area contributed by atoms with Gasteiger partial charge in [0.2, 0.25) is 0 Å². The maximum absolute atomic E-state index is 4.96. The van der Waals surface area contributed by atoms with Crippen molar-refractivity contribution in [2.45, 2.75) is 165 Å². The molecule has 4 aromatic heterocycles. The first-order valence-electron chi connectivity index (χ1n) is 22.5. The van der Waals surface area contributed by atoms with Crippen LogP contribution in [0.5, 0.6) is 0 Å². The third-order valence-corrected chi connectivity index (χ3v) is 17.2. The second kappa shape index (κ2) is 23.8. The Kier molecular flexibility index (Phi) is 18.7. The quantitative estimate of drug-likeness (QED) is 0.0415. The maximum Gasteiger partial charge on any atom is 0.0607 e. The fourth-order valence-electron chi connectivity index (χ4n) is 8.06. The molecule has 58 heavy (non-hydrogen) atoms. The van der Waals surface area contributed by atoms with E-state index in [9.17, 15) is 0 Å². The Morgan fingerprint density at radius 1 is 0.345 bits per heavy atom. The minimum atomic E-state index is 1.13. The lowest BCUT2D eigenvalue weighted by atomic mass is 9.99. The Balaban J connectivity index is 1.21. The van der Waals surface area contributed by atoms with Crippen molar-refractivity contribution in [1.29, 1.82) is 0 Å². The van der Waals surface area contributed by atoms with Crippen molar-refractivity contribution >= 4 is 70.6 Å². The summed E-state index contributed by atoms with van der Waals surface area (Å²) in [6.45, 7) is 9.18. The predicted molar refractivity (Wildman–Crippen MR) is 271 cm³/mol. The summed E-state index contributed by atoms with van der Waals surface area (Å²) in [5, 5.41) is 0. The smallest absolute Gasteiger partial charge is 0.0607 e. The normalized spacial score (nSPS) is 11.6. The third kappa shape index (κ3) is 12.5. The Morgan fingerprint density at radius 2 is 0.724 bits per heavy atom. The van der Waals surface area contributed by atoms with Gasteiger partial charge in [0.05, 0.1) is 8.42 Å². The van der Waals surface area contributed by atoms with Crippen molar-refractivity contribution in [3.05, 3.63) is 95.1 Å². The van der Waals surface area contributed by atoms with E-state index >= 15 is 0 Å². The van der Waals surface area contributed by atoms with Crippen molar-refractivity contribution in [3.8, 4) is 51.5 Å². The number of rotatable bonds is 25. The number of thiol groups is 2. The van der Waals surface area contributed by atoms with E-state index in [2.05, 4.69) is 100 Å². The number of aryl methyl sites for hydroxylation is 4. The predicted octanol–water partition coefficient (Wildman–Crippen LogP) is 19.3. The molecule has 0 nitrogen and oxygen atoms in total. The van der Waals surface area contributed by atoms with Gasteiger partial charge in [0.15, 0.2) is 0 Å². The molecule has 0 saturated carbocycles. The van der Waals surface area contributed by atoms with Gasteiger partial charge in [-0.25, -0.2) is 0 Å². The van der Waals surface area contributed by atoms with Crippen molar-refractivity contribution in [1.82, 2.24) is 0 Å². The molecule has 0 saturated heterocycles. The molecule has 6 heteroatoms. The van der Waals surface area contributed by atoms with Gasteiger partial charge in [-0.1, -0.05) is 153 Å². The van der Waals surface area contributed by atoms with Crippen LogP contribution in [-0.2, 0) is 25.7 Å². The lowest BCUT2D eigenvalue weighted by Gasteiger charge is -2.07. The molecule has 0 aliphatic heterocycles. The van der Waals surface area contributed by atoms with E-state index in [1.807, 2.05) is 45.3 Å². The minimum absolute atomic E-state index is 1.13. The second-order valence-electron chi connectivity index (χ2n) is 16.2. The number of benzene rings is 2. The SMILES string of the molecule is CCCCCCc1cc(-c2sc(-c3ccc(-c4ccc(-c5sc(-c6sc(S)cc6CCCCCC)cc5CCCCCC)cc4)cc3)cc2CCCCCC)sc1S. The van der Waals surface area contributed by atoms with Gasteiger partial charge in [0.25, 0.3) is 0 Å². The topological polar surface area (TPSA) is 0 Å². The molecule has 6 rings (SSSR count). The third-order valence-electron chi connectivity index (χ3n) is 11.5. The zero-order valence-electron chi connectivity index (χ0n) is 35.6. The van der Waals surface area contributed by atoms with E-state index in [0.29, 0.717) is 0 Å². The number of unbranched alkanes of at least 4 members (excludes halogenated alkanes) is 12. The molecule has 0 spiro atoms. The zero-order chi connectivity index (χ0) is 40.7. The highest BCUT2D eigenvalue weighted by Crippen LogP contribution is 2.46. The second-order valence-corrected chi connectivity index (χ2v) is 22.0. The molecule has 0 aliphatic carbocycles. The monoisotopic (exact) mass is 882 g/mol. The van der Waals surface area contributed by atoms with Crippen molar-refractivity contribution in [2.75, 3.05) is 0 Å². The van der Waals surface area contributed by atoms with Crippen LogP contribution in [0.25, 0.3) is 51.5 Å². The van der Waals surface area contributed by atoms with Gasteiger partial charge in [0.1, 0.15) is 0 Å². The molecule has 0 bridgehead atoms. The molecule has 2 aromatic carbocycles. The lowest BCUT2D eigenvalue weighted by molar-refractivity contribution is 0.665. The molecule has 310 valence electrons. The summed E-state index contributed by atoms with van der Waals surface area (Å²) in [4.78, 5) is 8.54. The van der Waals surface area contributed by atoms with E-state index in [1.165, 1.54) is 181 Å². The summed E-state index contributed by atoms with van der Waals surface area (Å²) in [6, 6.07) is 28.5. The Bertz CT molecular complexity index is 2100. The van der Waals surface area contributed by atoms with Crippen molar-refractivity contribution in [2.24, 2.45) is 0 Å². The standard InChI is InChI=1S/C52H66S6/c1-5-9-13-17-21-41-34-46(51-43(36-48(53)58-51)23-19-15-11-7-3)56-49(41)40-31-27-38(28-32-40)37-25-29-39(30-26-37)45-33-42(22-18-14-10-6-2)50(55-45)47-35-44(52(54)57-47)24-20-16-12-8-4/h25-36,53-54H,5-24H2,1-4H3. The van der Waals surface area contributed by atoms with Gasteiger partial charge in [-0.05, 0) is 120 Å². The van der Waals surface area contributed by atoms with Crippen LogP contribution < -0.4 is 0 Å². The van der Waals surface area contributed by atoms with Gasteiger partial charge in [0, 0.05) is 29.3 Å². The summed E-state index contributed by atoms with van der Waals surface area (Å²) >= 11 is 17.5. The Labute approximate surface area is 378 Å². The van der Waals surface area contributed by atoms with E-state index < -0.39 is 0 Å². The molecule has 0 atom stereocenters. The van der Waals surface area contributed by atoms with Gasteiger partial charge < -0.3 is 0 Å². The fraction of sp³-hybridized carbons (Fsp3) is 0.462. The summed E-state index contributed by atoms with van der Waals surface area (Å²) in [6.07, 6.45) is 25.2. The number of thiophene rings is 4. The van der Waals surface area contributed by atoms with Crippen LogP contribution in [0.15, 0.2) is 81.2 Å². The summed E-state index contributed by atoms with van der Waals surface area (Å²) < 4.78 is 2.34. The van der Waals surface area contributed by atoms with E-state index in [1.54, 1.807) is 0 Å². The largest absolute Gasteiger partial charge is 0.134 e. The molecule has 0 fully saturated rings. The zero-order valence-corrected chi connectivity index (χ0v) is 40.7.